The lowest BCUT2D eigenvalue weighted by atomic mass is 10.1. The van der Waals surface area contributed by atoms with Gasteiger partial charge in [-0.2, -0.15) is 0 Å². The molecule has 1 aliphatic heterocycles. The van der Waals surface area contributed by atoms with Gasteiger partial charge in [-0.25, -0.2) is 0 Å². The second-order valence-electron chi connectivity index (χ2n) is 6.06. The third kappa shape index (κ3) is 3.02. The van der Waals surface area contributed by atoms with Crippen molar-refractivity contribution in [1.29, 1.82) is 0 Å². The Labute approximate surface area is 121 Å². The molecule has 3 atom stereocenters. The van der Waals surface area contributed by atoms with Gasteiger partial charge in [0.2, 0.25) is 5.91 Å². The molecule has 0 aromatic heterocycles. The summed E-state index contributed by atoms with van der Waals surface area (Å²) in [4.78, 5) is 16.5. The quantitative estimate of drug-likeness (QED) is 0.909. The molecule has 2 rings (SSSR count). The second kappa shape index (κ2) is 5.94. The first kappa shape index (κ1) is 15.0. The summed E-state index contributed by atoms with van der Waals surface area (Å²) < 4.78 is 0. The average molecular weight is 275 g/mol. The molecular formula is C16H25N3O. The predicted molar refractivity (Wildman–Crippen MR) is 81.4 cm³/mol. The number of amides is 1. The molecular weight excluding hydrogens is 250 g/mol. The summed E-state index contributed by atoms with van der Waals surface area (Å²) in [5.74, 6) is 0.186. The van der Waals surface area contributed by atoms with Crippen LogP contribution in [-0.4, -0.2) is 48.4 Å². The normalized spacial score (nSPS) is 24.5. The molecule has 1 N–H and O–H groups in total. The fraction of sp³-hybridized carbons (Fsp3) is 0.562. The summed E-state index contributed by atoms with van der Waals surface area (Å²) in [5.41, 5.74) is 2.38. The predicted octanol–water partition coefficient (Wildman–Crippen LogP) is 1.76. The number of benzene rings is 1. The van der Waals surface area contributed by atoms with E-state index in [4.69, 9.17) is 0 Å². The standard InChI is InChI=1S/C16H25N3O/c1-11-7-6-8-14(9-11)15-17-13(3)16(20)19(15)12(2)10-18(4)5/h6-9,12-13,15,17H,10H2,1-5H3. The van der Waals surface area contributed by atoms with Gasteiger partial charge in [0.25, 0.3) is 0 Å². The van der Waals surface area contributed by atoms with Crippen molar-refractivity contribution in [3.05, 3.63) is 35.4 Å². The first-order valence-electron chi connectivity index (χ1n) is 7.19. The molecule has 0 radical (unpaired) electrons. The lowest BCUT2D eigenvalue weighted by Gasteiger charge is -2.32. The molecule has 3 unspecified atom stereocenters. The molecule has 1 aromatic rings. The molecule has 0 aliphatic carbocycles. The number of aryl methyl sites for hydroxylation is 1. The first-order chi connectivity index (χ1) is 9.40. The molecule has 4 nitrogen and oxygen atoms in total. The Morgan fingerprint density at radius 3 is 2.70 bits per heavy atom. The summed E-state index contributed by atoms with van der Waals surface area (Å²) >= 11 is 0. The number of rotatable bonds is 4. The van der Waals surface area contributed by atoms with Crippen molar-refractivity contribution in [2.75, 3.05) is 20.6 Å². The van der Waals surface area contributed by atoms with Crippen LogP contribution in [0.5, 0.6) is 0 Å². The highest BCUT2D eigenvalue weighted by molar-refractivity contribution is 5.84. The molecule has 1 aromatic carbocycles. The van der Waals surface area contributed by atoms with Crippen LogP contribution in [0.15, 0.2) is 24.3 Å². The molecule has 1 heterocycles. The Hall–Kier alpha value is -1.39. The van der Waals surface area contributed by atoms with Crippen LogP contribution in [0.25, 0.3) is 0 Å². The first-order valence-corrected chi connectivity index (χ1v) is 7.19. The minimum atomic E-state index is -0.120. The third-order valence-corrected chi connectivity index (χ3v) is 3.77. The highest BCUT2D eigenvalue weighted by Crippen LogP contribution is 2.28. The van der Waals surface area contributed by atoms with Gasteiger partial charge in [0.1, 0.15) is 6.17 Å². The minimum absolute atomic E-state index is 0.0210. The van der Waals surface area contributed by atoms with Gasteiger partial charge in [-0.05, 0) is 40.4 Å². The van der Waals surface area contributed by atoms with Crippen LogP contribution in [0.2, 0.25) is 0 Å². The van der Waals surface area contributed by atoms with Crippen LogP contribution >= 0.6 is 0 Å². The summed E-state index contributed by atoms with van der Waals surface area (Å²) in [6.07, 6.45) is -0.0210. The topological polar surface area (TPSA) is 35.6 Å². The van der Waals surface area contributed by atoms with E-state index in [9.17, 15) is 4.79 Å². The number of nitrogens with one attached hydrogen (secondary N) is 1. The van der Waals surface area contributed by atoms with Gasteiger partial charge in [0, 0.05) is 12.6 Å². The van der Waals surface area contributed by atoms with E-state index in [1.54, 1.807) is 0 Å². The molecule has 20 heavy (non-hydrogen) atoms. The van der Waals surface area contributed by atoms with Crippen LogP contribution < -0.4 is 5.32 Å². The monoisotopic (exact) mass is 275 g/mol. The summed E-state index contributed by atoms with van der Waals surface area (Å²) in [5, 5.41) is 3.41. The van der Waals surface area contributed by atoms with Crippen LogP contribution in [0.4, 0.5) is 0 Å². The van der Waals surface area contributed by atoms with Crippen molar-refractivity contribution in [3.63, 3.8) is 0 Å². The third-order valence-electron chi connectivity index (χ3n) is 3.77. The minimum Gasteiger partial charge on any atom is -0.318 e. The molecule has 1 amide bonds. The highest BCUT2D eigenvalue weighted by Gasteiger charge is 2.39. The Morgan fingerprint density at radius 1 is 1.40 bits per heavy atom. The molecule has 0 spiro atoms. The smallest absolute Gasteiger partial charge is 0.241 e. The summed E-state index contributed by atoms with van der Waals surface area (Å²) in [6, 6.07) is 8.43. The van der Waals surface area contributed by atoms with Gasteiger partial charge in [0.05, 0.1) is 6.04 Å². The Morgan fingerprint density at radius 2 is 2.10 bits per heavy atom. The zero-order valence-electron chi connectivity index (χ0n) is 13.1. The van der Waals surface area contributed by atoms with E-state index in [2.05, 4.69) is 48.3 Å². The van der Waals surface area contributed by atoms with Crippen molar-refractivity contribution in [3.8, 4) is 0 Å². The largest absolute Gasteiger partial charge is 0.318 e. The van der Waals surface area contributed by atoms with Gasteiger partial charge in [-0.3, -0.25) is 10.1 Å². The average Bonchev–Trinajstić information content (AvgIpc) is 2.65. The zero-order valence-corrected chi connectivity index (χ0v) is 13.1. The molecule has 110 valence electrons. The van der Waals surface area contributed by atoms with Crippen LogP contribution in [0.3, 0.4) is 0 Å². The molecule has 4 heteroatoms. The number of carbonyl (C=O) groups excluding carboxylic acids is 1. The van der Waals surface area contributed by atoms with Gasteiger partial charge < -0.3 is 9.80 Å². The number of nitrogens with zero attached hydrogens (tertiary/aromatic N) is 2. The van der Waals surface area contributed by atoms with Crippen molar-refractivity contribution in [2.24, 2.45) is 0 Å². The second-order valence-corrected chi connectivity index (χ2v) is 6.06. The van der Waals surface area contributed by atoms with Crippen molar-refractivity contribution < 1.29 is 4.79 Å². The molecule has 0 saturated carbocycles. The van der Waals surface area contributed by atoms with Gasteiger partial charge >= 0.3 is 0 Å². The maximum absolute atomic E-state index is 12.4. The van der Waals surface area contributed by atoms with Gasteiger partial charge in [-0.1, -0.05) is 29.8 Å². The number of hydrogen-bond donors (Lipinski definition) is 1. The fourth-order valence-corrected chi connectivity index (χ4v) is 2.92. The van der Waals surface area contributed by atoms with E-state index in [0.717, 1.165) is 12.1 Å². The molecule has 1 aliphatic rings. The Kier molecular flexibility index (Phi) is 4.45. The van der Waals surface area contributed by atoms with Crippen LogP contribution in [0, 0.1) is 6.92 Å². The van der Waals surface area contributed by atoms with E-state index >= 15 is 0 Å². The SMILES string of the molecule is Cc1cccc(C2NC(C)C(=O)N2C(C)CN(C)C)c1. The van der Waals surface area contributed by atoms with Crippen molar-refractivity contribution >= 4 is 5.91 Å². The lowest BCUT2D eigenvalue weighted by Crippen LogP contribution is -2.43. The van der Waals surface area contributed by atoms with E-state index in [0.29, 0.717) is 0 Å². The summed E-state index contributed by atoms with van der Waals surface area (Å²) in [7, 11) is 4.07. The zero-order chi connectivity index (χ0) is 14.9. The maximum atomic E-state index is 12.4. The maximum Gasteiger partial charge on any atom is 0.241 e. The Balaban J connectivity index is 2.28. The number of carbonyl (C=O) groups is 1. The lowest BCUT2D eigenvalue weighted by molar-refractivity contribution is -0.132. The van der Waals surface area contributed by atoms with E-state index in [-0.39, 0.29) is 24.2 Å². The number of hydrogen-bond acceptors (Lipinski definition) is 3. The molecule has 0 bridgehead atoms. The van der Waals surface area contributed by atoms with Gasteiger partial charge in [-0.15, -0.1) is 0 Å². The van der Waals surface area contributed by atoms with E-state index < -0.39 is 0 Å². The van der Waals surface area contributed by atoms with Crippen molar-refractivity contribution in [1.82, 2.24) is 15.1 Å². The molecule has 1 fully saturated rings. The number of likely N-dealkylation sites (N-methyl/N-ethyl adjacent to an activating group) is 1. The van der Waals surface area contributed by atoms with Crippen LogP contribution in [-0.2, 0) is 4.79 Å². The van der Waals surface area contributed by atoms with Crippen molar-refractivity contribution in [2.45, 2.75) is 39.0 Å². The van der Waals surface area contributed by atoms with E-state index in [1.807, 2.05) is 25.9 Å². The summed E-state index contributed by atoms with van der Waals surface area (Å²) in [6.45, 7) is 6.99. The fourth-order valence-electron chi connectivity index (χ4n) is 2.92. The Bertz CT molecular complexity index is 486. The highest BCUT2D eigenvalue weighted by atomic mass is 16.2. The van der Waals surface area contributed by atoms with Crippen LogP contribution in [0.1, 0.15) is 31.1 Å². The van der Waals surface area contributed by atoms with Gasteiger partial charge in [0.15, 0.2) is 0 Å². The van der Waals surface area contributed by atoms with E-state index in [1.165, 1.54) is 5.56 Å². The molecule has 1 saturated heterocycles.